The Kier molecular flexibility index (Phi) is 34.5. The third-order valence-electron chi connectivity index (χ3n) is 10.8. The van der Waals surface area contributed by atoms with Gasteiger partial charge in [0.2, 0.25) is 11.8 Å². The van der Waals surface area contributed by atoms with E-state index in [2.05, 4.69) is 160 Å². The molecular weight excluding hydrogens is 941 g/mol. The van der Waals surface area contributed by atoms with Crippen molar-refractivity contribution in [3.8, 4) is 154 Å². The normalized spacial score (nSPS) is 18.8. The Morgan fingerprint density at radius 3 is 1.66 bits per heavy atom. The number of nitrogens with zero attached hydrogens (tertiary/aromatic N) is 1. The van der Waals surface area contributed by atoms with E-state index in [0.717, 1.165) is 37.4 Å². The van der Waals surface area contributed by atoms with Crippen LogP contribution in [0, 0.1) is 154 Å². The van der Waals surface area contributed by atoms with E-state index in [0.29, 0.717) is 25.7 Å². The number of rotatable bonds is 26. The van der Waals surface area contributed by atoms with Gasteiger partial charge in [-0.05, 0) is 121 Å². The van der Waals surface area contributed by atoms with Crippen LogP contribution in [-0.4, -0.2) is 121 Å². The quantitative estimate of drug-likeness (QED) is 0.0426. The molecule has 2 heterocycles. The fourth-order valence-corrected chi connectivity index (χ4v) is 8.18. The van der Waals surface area contributed by atoms with Gasteiger partial charge in [0.25, 0.3) is 5.91 Å². The lowest BCUT2D eigenvalue weighted by molar-refractivity contribution is -0.294. The number of aliphatic hydroxyl groups excluding tert-OH is 5. The molecule has 0 aliphatic carbocycles. The van der Waals surface area contributed by atoms with Crippen LogP contribution >= 0.6 is 11.8 Å². The van der Waals surface area contributed by atoms with E-state index in [4.69, 9.17) is 15.9 Å². The maximum atomic E-state index is 13.0. The van der Waals surface area contributed by atoms with Crippen molar-refractivity contribution in [3.05, 3.63) is 0 Å². The molecule has 6 N–H and O–H groups in total. The fourth-order valence-electron chi connectivity index (χ4n) is 6.96. The molecule has 0 aromatic rings. The summed E-state index contributed by atoms with van der Waals surface area (Å²) < 4.78 is 11.7. The number of hydrogen-bond donors (Lipinski definition) is 6. The number of aliphatic hydroxyl groups is 5. The molecule has 378 valence electrons. The minimum Gasteiger partial charge on any atom is -0.390 e. The van der Waals surface area contributed by atoms with Crippen LogP contribution in [-0.2, 0) is 23.9 Å². The van der Waals surface area contributed by atoms with E-state index in [9.17, 15) is 39.9 Å². The predicted octanol–water partition coefficient (Wildman–Crippen LogP) is 2.83. The van der Waals surface area contributed by atoms with Crippen LogP contribution in [0.3, 0.4) is 0 Å². The summed E-state index contributed by atoms with van der Waals surface area (Å²) in [5.74, 6) is 60.4. The number of hydrogen-bond acceptors (Lipinski definition) is 11. The highest BCUT2D eigenvalue weighted by Gasteiger charge is 2.46. The Bertz CT molecular complexity index is 2670. The summed E-state index contributed by atoms with van der Waals surface area (Å²) >= 11 is 1.07. The first kappa shape index (κ1) is 62.1. The van der Waals surface area contributed by atoms with Crippen LogP contribution in [0.15, 0.2) is 0 Å². The Hall–Kier alpha value is -7.04. The zero-order valence-corrected chi connectivity index (χ0v) is 42.4. The summed E-state index contributed by atoms with van der Waals surface area (Å²) in [6, 6.07) is -1.28. The third-order valence-corrected chi connectivity index (χ3v) is 12.1. The largest absolute Gasteiger partial charge is 0.390 e. The van der Waals surface area contributed by atoms with Gasteiger partial charge in [-0.1, -0.05) is 89.9 Å². The molecule has 3 amide bonds. The molecule has 0 aromatic heterocycles. The smallest absolute Gasteiger partial charge is 0.297 e. The number of ether oxygens (including phenoxy) is 2. The van der Waals surface area contributed by atoms with E-state index in [1.807, 2.05) is 0 Å². The molecule has 2 fully saturated rings. The molecule has 73 heavy (non-hydrogen) atoms. The summed E-state index contributed by atoms with van der Waals surface area (Å²) in [4.78, 5) is 39.8. The van der Waals surface area contributed by atoms with E-state index in [1.54, 1.807) is 6.92 Å². The number of unbranched alkanes of at least 4 members (excludes halogenated alkanes) is 13. The van der Waals surface area contributed by atoms with Crippen molar-refractivity contribution in [2.24, 2.45) is 0 Å². The van der Waals surface area contributed by atoms with Crippen molar-refractivity contribution in [1.82, 2.24) is 10.2 Å². The fraction of sp³-hybridized carbons (Fsp3) is 0.517. The predicted molar refractivity (Wildman–Crippen MR) is 282 cm³/mol. The first-order chi connectivity index (χ1) is 35.5. The second kappa shape index (κ2) is 40.5. The molecular formula is C60H62N2O10S. The number of carbonyl (C=O) groups is 3. The molecule has 2 saturated heterocycles. The lowest BCUT2D eigenvalue weighted by Crippen LogP contribution is -2.60. The first-order valence-corrected chi connectivity index (χ1v) is 25.4. The van der Waals surface area contributed by atoms with Crippen LogP contribution in [0.1, 0.15) is 123 Å². The minimum atomic E-state index is -1.76. The monoisotopic (exact) mass is 1000 g/mol. The average Bonchev–Trinajstić information content (AvgIpc) is 3.66. The number of thioether (sulfide) groups is 1. The van der Waals surface area contributed by atoms with E-state index in [-0.39, 0.29) is 37.0 Å². The average molecular weight is 1000 g/mol. The summed E-state index contributed by atoms with van der Waals surface area (Å²) in [5.41, 5.74) is 0. The molecule has 0 radical (unpaired) electrons. The molecule has 2 rings (SSSR count). The highest BCUT2D eigenvalue weighted by Crippen LogP contribution is 2.31. The highest BCUT2D eigenvalue weighted by molar-refractivity contribution is 8.00. The molecule has 9 atom stereocenters. The van der Waals surface area contributed by atoms with Crippen LogP contribution in [0.2, 0.25) is 0 Å². The van der Waals surface area contributed by atoms with Gasteiger partial charge in [0.15, 0.2) is 6.29 Å². The van der Waals surface area contributed by atoms with Crippen LogP contribution < -0.4 is 5.32 Å². The van der Waals surface area contributed by atoms with Crippen molar-refractivity contribution >= 4 is 29.5 Å². The standard InChI is InChI=1S/C60H62N2O10S/c1-4-7-10-13-15-17-19-21-22-23-24-25-26-27-28-29-30-31-33-35-37-39-41-44-53(64)61-49(55(66)50(63)43-40-38-36-34-32-20-18-16-14-11-8-5-2)47-71-60-58(69)57(68)56(67)51(72-60)48-73-52-46-54(65)62(59(52)70)45-42-12-9-6-3/h3,49-52,55-58,60,63,66-69H,5,8-9,11-12,14,16,18,20,32,34,36,38,40,42-43,45-48H2,1-2H3,(H,61,64)/t49-,50+,51?,52?,55-,56-,57-,58?,60-/m0/s1. The summed E-state index contributed by atoms with van der Waals surface area (Å²) in [5, 5.41) is 56.5. The van der Waals surface area contributed by atoms with Crippen LogP contribution in [0.4, 0.5) is 0 Å². The lowest BCUT2D eigenvalue weighted by Gasteiger charge is -2.41. The van der Waals surface area contributed by atoms with Crippen molar-refractivity contribution in [3.63, 3.8) is 0 Å². The zero-order valence-electron chi connectivity index (χ0n) is 41.5. The lowest BCUT2D eigenvalue weighted by atomic mass is 9.98. The van der Waals surface area contributed by atoms with Crippen LogP contribution in [0.5, 0.6) is 0 Å². The van der Waals surface area contributed by atoms with Gasteiger partial charge in [0.05, 0.1) is 30.1 Å². The molecule has 3 unspecified atom stereocenters. The molecule has 0 bridgehead atoms. The van der Waals surface area contributed by atoms with Crippen molar-refractivity contribution < 1.29 is 49.4 Å². The van der Waals surface area contributed by atoms with Gasteiger partial charge in [-0.25, -0.2) is 0 Å². The molecule has 2 aliphatic heterocycles. The number of amides is 3. The van der Waals surface area contributed by atoms with Gasteiger partial charge < -0.3 is 40.3 Å². The number of terminal acetylenes is 1. The van der Waals surface area contributed by atoms with Gasteiger partial charge in [0, 0.05) is 66.6 Å². The maximum absolute atomic E-state index is 13.0. The molecule has 0 aromatic carbocycles. The number of imide groups is 1. The molecule has 0 spiro atoms. The topological polar surface area (TPSA) is 186 Å². The van der Waals surface area contributed by atoms with E-state index in [1.165, 1.54) is 49.8 Å². The third kappa shape index (κ3) is 28.0. The molecule has 12 nitrogen and oxygen atoms in total. The first-order valence-electron chi connectivity index (χ1n) is 24.4. The van der Waals surface area contributed by atoms with Crippen molar-refractivity contribution in [1.29, 1.82) is 0 Å². The van der Waals surface area contributed by atoms with Gasteiger partial charge in [-0.3, -0.25) is 19.3 Å². The Morgan fingerprint density at radius 1 is 0.685 bits per heavy atom. The van der Waals surface area contributed by atoms with E-state index >= 15 is 0 Å². The summed E-state index contributed by atoms with van der Waals surface area (Å²) in [7, 11) is 0. The zero-order chi connectivity index (χ0) is 53.2. The van der Waals surface area contributed by atoms with Crippen molar-refractivity contribution in [2.45, 2.75) is 177 Å². The van der Waals surface area contributed by atoms with E-state index < -0.39 is 66.7 Å². The Balaban J connectivity index is 2.04. The Labute approximate surface area is 437 Å². The SMILES string of the molecule is C#CCCCCN1C(=O)CC(SCC2O[C@H](OC[C@H](NC(=O)C#CC#CC#CC#CC#CC#CC#CC#CC#CC#CC#CC#CC)[C@H](O)[C@H](O)CCCCCCCCCCCCCC)C(O)[C@@H](O)[C@H]2O)C1=O. The summed E-state index contributed by atoms with van der Waals surface area (Å²) in [6.07, 6.45) is 10.1. The molecule has 0 saturated carbocycles. The number of likely N-dealkylation sites (tertiary alicyclic amines) is 1. The second-order valence-corrected chi connectivity index (χ2v) is 17.6. The molecule has 2 aliphatic rings. The van der Waals surface area contributed by atoms with Gasteiger partial charge in [-0.15, -0.1) is 24.1 Å². The number of carbonyl (C=O) groups excluding carboxylic acids is 3. The van der Waals surface area contributed by atoms with Gasteiger partial charge >= 0.3 is 0 Å². The minimum absolute atomic E-state index is 0.0456. The van der Waals surface area contributed by atoms with Crippen molar-refractivity contribution in [2.75, 3.05) is 18.9 Å². The second-order valence-electron chi connectivity index (χ2n) is 16.4. The summed E-state index contributed by atoms with van der Waals surface area (Å²) in [6.45, 7) is 3.61. The van der Waals surface area contributed by atoms with Crippen LogP contribution in [0.25, 0.3) is 0 Å². The Morgan fingerprint density at radius 2 is 1.16 bits per heavy atom. The van der Waals surface area contributed by atoms with Gasteiger partial charge in [0.1, 0.15) is 24.4 Å². The highest BCUT2D eigenvalue weighted by atomic mass is 32.2. The maximum Gasteiger partial charge on any atom is 0.297 e. The molecule has 13 heteroatoms. The number of nitrogens with one attached hydrogen (secondary N) is 1. The van der Waals surface area contributed by atoms with Gasteiger partial charge in [-0.2, -0.15) is 0 Å².